The van der Waals surface area contributed by atoms with E-state index in [1.165, 1.54) is 6.07 Å². The zero-order valence-corrected chi connectivity index (χ0v) is 14.1. The van der Waals surface area contributed by atoms with Crippen molar-refractivity contribution in [2.24, 2.45) is 0 Å². The van der Waals surface area contributed by atoms with Crippen LogP contribution in [0.3, 0.4) is 0 Å². The van der Waals surface area contributed by atoms with Gasteiger partial charge in [0.2, 0.25) is 0 Å². The van der Waals surface area contributed by atoms with Gasteiger partial charge in [-0.1, -0.05) is 6.07 Å². The SMILES string of the molecule is CC(C)(C)OC(=O)N1CCCN(Cc2c(N)cccc2F)CC1. The van der Waals surface area contributed by atoms with Crippen LogP contribution < -0.4 is 5.73 Å². The number of nitrogens with zero attached hydrogens (tertiary/aromatic N) is 2. The van der Waals surface area contributed by atoms with E-state index in [9.17, 15) is 9.18 Å². The van der Waals surface area contributed by atoms with Crippen molar-refractivity contribution in [3.05, 3.63) is 29.6 Å². The summed E-state index contributed by atoms with van der Waals surface area (Å²) in [5.74, 6) is -0.279. The number of halogens is 1. The largest absolute Gasteiger partial charge is 0.444 e. The summed E-state index contributed by atoms with van der Waals surface area (Å²) < 4.78 is 19.3. The molecule has 0 saturated carbocycles. The maximum Gasteiger partial charge on any atom is 0.410 e. The van der Waals surface area contributed by atoms with Crippen molar-refractivity contribution in [1.82, 2.24) is 9.80 Å². The Morgan fingerprint density at radius 1 is 1.26 bits per heavy atom. The molecular formula is C17H26FN3O2. The maximum absolute atomic E-state index is 13.9. The molecule has 1 aromatic rings. The second-order valence-electron chi connectivity index (χ2n) is 6.90. The Balaban J connectivity index is 1.95. The third-order valence-corrected chi connectivity index (χ3v) is 3.78. The number of rotatable bonds is 2. The molecule has 2 N–H and O–H groups in total. The summed E-state index contributed by atoms with van der Waals surface area (Å²) in [6.45, 7) is 8.73. The molecule has 0 atom stereocenters. The van der Waals surface area contributed by atoms with Gasteiger partial charge >= 0.3 is 6.09 Å². The van der Waals surface area contributed by atoms with Gasteiger partial charge in [0.15, 0.2) is 0 Å². The van der Waals surface area contributed by atoms with Crippen molar-refractivity contribution in [3.63, 3.8) is 0 Å². The third-order valence-electron chi connectivity index (χ3n) is 3.78. The van der Waals surface area contributed by atoms with Crippen molar-refractivity contribution in [2.45, 2.75) is 39.3 Å². The Morgan fingerprint density at radius 2 is 2.00 bits per heavy atom. The molecule has 0 unspecified atom stereocenters. The van der Waals surface area contributed by atoms with E-state index in [2.05, 4.69) is 4.90 Å². The standard InChI is InChI=1S/C17H26FN3O2/c1-17(2,3)23-16(22)21-9-5-8-20(10-11-21)12-13-14(18)6-4-7-15(13)19/h4,6-7H,5,8-12,19H2,1-3H3. The quantitative estimate of drug-likeness (QED) is 0.850. The molecule has 6 heteroatoms. The number of amides is 1. The molecule has 1 amide bonds. The molecule has 5 nitrogen and oxygen atoms in total. The number of ether oxygens (including phenoxy) is 1. The Labute approximate surface area is 137 Å². The number of carbonyl (C=O) groups excluding carboxylic acids is 1. The van der Waals surface area contributed by atoms with Gasteiger partial charge in [-0.15, -0.1) is 0 Å². The monoisotopic (exact) mass is 323 g/mol. The van der Waals surface area contributed by atoms with Crippen LogP contribution in [0.5, 0.6) is 0 Å². The van der Waals surface area contributed by atoms with Gasteiger partial charge in [-0.25, -0.2) is 9.18 Å². The van der Waals surface area contributed by atoms with E-state index in [0.717, 1.165) is 13.0 Å². The zero-order chi connectivity index (χ0) is 17.0. The summed E-state index contributed by atoms with van der Waals surface area (Å²) in [6, 6.07) is 4.75. The summed E-state index contributed by atoms with van der Waals surface area (Å²) in [6.07, 6.45) is 0.540. The van der Waals surface area contributed by atoms with Crippen LogP contribution >= 0.6 is 0 Å². The Morgan fingerprint density at radius 3 is 2.65 bits per heavy atom. The van der Waals surface area contributed by atoms with Crippen LogP contribution in [-0.4, -0.2) is 47.7 Å². The molecule has 0 radical (unpaired) electrons. The number of hydrogen-bond acceptors (Lipinski definition) is 4. The molecule has 1 heterocycles. The highest BCUT2D eigenvalue weighted by Gasteiger charge is 2.24. The first-order valence-corrected chi connectivity index (χ1v) is 7.99. The molecule has 2 rings (SSSR count). The van der Waals surface area contributed by atoms with E-state index in [1.54, 1.807) is 17.0 Å². The summed E-state index contributed by atoms with van der Waals surface area (Å²) >= 11 is 0. The normalized spacial score (nSPS) is 17.0. The second-order valence-corrected chi connectivity index (χ2v) is 6.90. The second kappa shape index (κ2) is 7.17. The molecule has 128 valence electrons. The number of nitrogens with two attached hydrogens (primary N) is 1. The Hall–Kier alpha value is -1.82. The summed E-state index contributed by atoms with van der Waals surface area (Å²) in [5, 5.41) is 0. The van der Waals surface area contributed by atoms with Crippen LogP contribution in [-0.2, 0) is 11.3 Å². The van der Waals surface area contributed by atoms with Gasteiger partial charge in [0.05, 0.1) is 0 Å². The average Bonchev–Trinajstić information content (AvgIpc) is 2.67. The fourth-order valence-corrected chi connectivity index (χ4v) is 2.60. The molecule has 1 aliphatic heterocycles. The first kappa shape index (κ1) is 17.5. The number of nitrogen functional groups attached to an aromatic ring is 1. The molecule has 1 aromatic carbocycles. The van der Waals surface area contributed by atoms with E-state index in [4.69, 9.17) is 10.5 Å². The third kappa shape index (κ3) is 5.10. The predicted octanol–water partition coefficient (Wildman–Crippen LogP) is 2.85. The highest BCUT2D eigenvalue weighted by atomic mass is 19.1. The van der Waals surface area contributed by atoms with Gasteiger partial charge in [-0.05, 0) is 39.3 Å². The van der Waals surface area contributed by atoms with Crippen LogP contribution in [0.25, 0.3) is 0 Å². The summed E-state index contributed by atoms with van der Waals surface area (Å²) in [4.78, 5) is 16.0. The highest BCUT2D eigenvalue weighted by Crippen LogP contribution is 2.19. The highest BCUT2D eigenvalue weighted by molar-refractivity contribution is 5.68. The van der Waals surface area contributed by atoms with E-state index >= 15 is 0 Å². The molecular weight excluding hydrogens is 297 g/mol. The van der Waals surface area contributed by atoms with Gasteiger partial charge < -0.3 is 15.4 Å². The number of anilines is 1. The van der Waals surface area contributed by atoms with E-state index < -0.39 is 5.60 Å². The molecule has 0 aliphatic carbocycles. The molecule has 23 heavy (non-hydrogen) atoms. The van der Waals surface area contributed by atoms with E-state index in [1.807, 2.05) is 20.8 Å². The van der Waals surface area contributed by atoms with Gasteiger partial charge in [0, 0.05) is 44.0 Å². The van der Waals surface area contributed by atoms with Crippen LogP contribution in [0, 0.1) is 5.82 Å². The topological polar surface area (TPSA) is 58.8 Å². The maximum atomic E-state index is 13.9. The molecule has 0 bridgehead atoms. The van der Waals surface area contributed by atoms with Gasteiger partial charge in [-0.2, -0.15) is 0 Å². The molecule has 1 saturated heterocycles. The van der Waals surface area contributed by atoms with Crippen molar-refractivity contribution < 1.29 is 13.9 Å². The average molecular weight is 323 g/mol. The fourth-order valence-electron chi connectivity index (χ4n) is 2.60. The van der Waals surface area contributed by atoms with Crippen molar-refractivity contribution >= 4 is 11.8 Å². The minimum atomic E-state index is -0.495. The molecule has 1 aliphatic rings. The summed E-state index contributed by atoms with van der Waals surface area (Å²) in [5.41, 5.74) is 6.37. The van der Waals surface area contributed by atoms with Crippen molar-refractivity contribution in [3.8, 4) is 0 Å². The Bertz CT molecular complexity index is 537. The van der Waals surface area contributed by atoms with Gasteiger partial charge in [-0.3, -0.25) is 4.90 Å². The van der Waals surface area contributed by atoms with Crippen LogP contribution in [0.4, 0.5) is 14.9 Å². The van der Waals surface area contributed by atoms with Gasteiger partial charge in [0.1, 0.15) is 11.4 Å². The molecule has 0 spiro atoms. The Kier molecular flexibility index (Phi) is 5.46. The lowest BCUT2D eigenvalue weighted by Gasteiger charge is -2.26. The lowest BCUT2D eigenvalue weighted by molar-refractivity contribution is 0.0257. The van der Waals surface area contributed by atoms with Crippen molar-refractivity contribution in [2.75, 3.05) is 31.9 Å². The predicted molar refractivity (Wildman–Crippen MR) is 88.5 cm³/mol. The van der Waals surface area contributed by atoms with Gasteiger partial charge in [0.25, 0.3) is 0 Å². The van der Waals surface area contributed by atoms with Crippen molar-refractivity contribution in [1.29, 1.82) is 0 Å². The number of hydrogen-bond donors (Lipinski definition) is 1. The van der Waals surface area contributed by atoms with E-state index in [-0.39, 0.29) is 11.9 Å². The molecule has 1 fully saturated rings. The first-order valence-electron chi connectivity index (χ1n) is 7.99. The van der Waals surface area contributed by atoms with Crippen LogP contribution in [0.2, 0.25) is 0 Å². The number of carbonyl (C=O) groups is 1. The van der Waals surface area contributed by atoms with E-state index in [0.29, 0.717) is 37.4 Å². The summed E-state index contributed by atoms with van der Waals surface area (Å²) in [7, 11) is 0. The lowest BCUT2D eigenvalue weighted by atomic mass is 10.1. The zero-order valence-electron chi connectivity index (χ0n) is 14.1. The first-order chi connectivity index (χ1) is 10.8. The lowest BCUT2D eigenvalue weighted by Crippen LogP contribution is -2.39. The smallest absolute Gasteiger partial charge is 0.410 e. The molecule has 0 aromatic heterocycles. The minimum Gasteiger partial charge on any atom is -0.444 e. The number of benzene rings is 1. The van der Waals surface area contributed by atoms with Crippen LogP contribution in [0.1, 0.15) is 32.8 Å². The van der Waals surface area contributed by atoms with Crippen LogP contribution in [0.15, 0.2) is 18.2 Å². The fraction of sp³-hybridized carbons (Fsp3) is 0.588. The minimum absolute atomic E-state index is 0.279.